The molecule has 0 saturated carbocycles. The summed E-state index contributed by atoms with van der Waals surface area (Å²) in [6.45, 7) is 4.24. The van der Waals surface area contributed by atoms with Crippen LogP contribution in [0.25, 0.3) is 6.08 Å². The standard InChI is InChI=1S/C26H22BrIN2O3/c1-16-4-5-17(2)23(10-16)30-26(31)20(14-29)11-19-12-22(28)25(24(13-19)32-3)33-15-18-6-8-21(27)9-7-18/h4-13H,15H2,1-3H3,(H,30,31)/b20-11-. The van der Waals surface area contributed by atoms with Crippen LogP contribution in [0.15, 0.2) is 64.6 Å². The van der Waals surface area contributed by atoms with Crippen molar-refractivity contribution < 1.29 is 14.3 Å². The zero-order valence-corrected chi connectivity index (χ0v) is 22.2. The average Bonchev–Trinajstić information content (AvgIpc) is 2.79. The maximum atomic E-state index is 12.7. The molecule has 0 atom stereocenters. The Bertz CT molecular complexity index is 1250. The summed E-state index contributed by atoms with van der Waals surface area (Å²) in [5.74, 6) is 0.671. The van der Waals surface area contributed by atoms with Gasteiger partial charge in [-0.25, -0.2) is 0 Å². The Hall–Kier alpha value is -2.83. The molecule has 1 amide bonds. The lowest BCUT2D eigenvalue weighted by molar-refractivity contribution is -0.112. The molecule has 168 valence electrons. The summed E-state index contributed by atoms with van der Waals surface area (Å²) in [6.07, 6.45) is 1.55. The van der Waals surface area contributed by atoms with E-state index in [-0.39, 0.29) is 5.57 Å². The van der Waals surface area contributed by atoms with Gasteiger partial charge < -0.3 is 14.8 Å². The van der Waals surface area contributed by atoms with Crippen molar-refractivity contribution in [2.45, 2.75) is 20.5 Å². The first-order valence-corrected chi connectivity index (χ1v) is 11.9. The summed E-state index contributed by atoms with van der Waals surface area (Å²) in [7, 11) is 1.56. The van der Waals surface area contributed by atoms with Crippen LogP contribution >= 0.6 is 38.5 Å². The number of halogens is 2. The second-order valence-corrected chi connectivity index (χ2v) is 9.47. The number of hydrogen-bond acceptors (Lipinski definition) is 4. The molecule has 0 radical (unpaired) electrons. The van der Waals surface area contributed by atoms with Crippen molar-refractivity contribution in [3.05, 3.63) is 90.5 Å². The topological polar surface area (TPSA) is 71.3 Å². The maximum Gasteiger partial charge on any atom is 0.266 e. The van der Waals surface area contributed by atoms with E-state index in [0.29, 0.717) is 29.4 Å². The number of rotatable bonds is 7. The van der Waals surface area contributed by atoms with Crippen LogP contribution in [0.3, 0.4) is 0 Å². The molecule has 0 bridgehead atoms. The van der Waals surface area contributed by atoms with Crippen LogP contribution in [-0.2, 0) is 11.4 Å². The summed E-state index contributed by atoms with van der Waals surface area (Å²) in [6, 6.07) is 19.3. The number of carbonyl (C=O) groups excluding carboxylic acids is 1. The Morgan fingerprint density at radius 3 is 2.55 bits per heavy atom. The van der Waals surface area contributed by atoms with E-state index in [0.717, 1.165) is 24.7 Å². The lowest BCUT2D eigenvalue weighted by Crippen LogP contribution is -2.14. The number of aryl methyl sites for hydroxylation is 2. The van der Waals surface area contributed by atoms with E-state index in [1.54, 1.807) is 19.3 Å². The van der Waals surface area contributed by atoms with Gasteiger partial charge in [-0.1, -0.05) is 40.2 Å². The molecule has 3 aromatic rings. The number of anilines is 1. The minimum absolute atomic E-state index is 0.00251. The fourth-order valence-corrected chi connectivity index (χ4v) is 4.12. The van der Waals surface area contributed by atoms with Gasteiger partial charge >= 0.3 is 0 Å². The average molecular weight is 617 g/mol. The highest BCUT2D eigenvalue weighted by Crippen LogP contribution is 2.35. The van der Waals surface area contributed by atoms with Gasteiger partial charge in [0.05, 0.1) is 10.7 Å². The zero-order chi connectivity index (χ0) is 24.0. The molecule has 1 N–H and O–H groups in total. The van der Waals surface area contributed by atoms with Crippen molar-refractivity contribution in [1.82, 2.24) is 0 Å². The molecular weight excluding hydrogens is 595 g/mol. The molecule has 5 nitrogen and oxygen atoms in total. The molecule has 0 heterocycles. The Morgan fingerprint density at radius 1 is 1.15 bits per heavy atom. The molecule has 3 rings (SSSR count). The van der Waals surface area contributed by atoms with Gasteiger partial charge in [0.2, 0.25) is 0 Å². The second-order valence-electron chi connectivity index (χ2n) is 7.39. The largest absolute Gasteiger partial charge is 0.493 e. The smallest absolute Gasteiger partial charge is 0.266 e. The van der Waals surface area contributed by atoms with Crippen molar-refractivity contribution >= 4 is 56.2 Å². The monoisotopic (exact) mass is 616 g/mol. The van der Waals surface area contributed by atoms with Gasteiger partial charge in [0.15, 0.2) is 11.5 Å². The minimum atomic E-state index is -0.462. The molecule has 0 aliphatic carbocycles. The molecule has 0 aliphatic heterocycles. The van der Waals surface area contributed by atoms with Crippen molar-refractivity contribution in [3.63, 3.8) is 0 Å². The van der Waals surface area contributed by atoms with Gasteiger partial charge in [-0.05, 0) is 95.1 Å². The third-order valence-corrected chi connectivity index (χ3v) is 6.20. The molecule has 0 aromatic heterocycles. The lowest BCUT2D eigenvalue weighted by Gasteiger charge is -2.14. The summed E-state index contributed by atoms with van der Waals surface area (Å²) >= 11 is 5.59. The Kier molecular flexibility index (Phi) is 8.53. The second kappa shape index (κ2) is 11.3. The van der Waals surface area contributed by atoms with Crippen LogP contribution in [0, 0.1) is 28.7 Å². The first-order chi connectivity index (χ1) is 15.8. The fraction of sp³-hybridized carbons (Fsp3) is 0.154. The predicted octanol–water partition coefficient (Wildman–Crippen LogP) is 6.80. The highest BCUT2D eigenvalue weighted by molar-refractivity contribution is 14.1. The minimum Gasteiger partial charge on any atom is -0.493 e. The van der Waals surface area contributed by atoms with E-state index >= 15 is 0 Å². The van der Waals surface area contributed by atoms with Crippen LogP contribution in [0.1, 0.15) is 22.3 Å². The Morgan fingerprint density at radius 2 is 1.88 bits per heavy atom. The molecule has 0 spiro atoms. The maximum absolute atomic E-state index is 12.7. The first-order valence-electron chi connectivity index (χ1n) is 10.1. The molecule has 7 heteroatoms. The Balaban J connectivity index is 1.83. The first kappa shape index (κ1) is 24.8. The summed E-state index contributed by atoms with van der Waals surface area (Å²) in [5, 5.41) is 12.4. The van der Waals surface area contributed by atoms with Crippen molar-refractivity contribution in [1.29, 1.82) is 5.26 Å². The fourth-order valence-electron chi connectivity index (χ4n) is 3.07. The highest BCUT2D eigenvalue weighted by Gasteiger charge is 2.15. The lowest BCUT2D eigenvalue weighted by atomic mass is 10.1. The van der Waals surface area contributed by atoms with Gasteiger partial charge in [0, 0.05) is 10.2 Å². The molecule has 0 unspecified atom stereocenters. The van der Waals surface area contributed by atoms with E-state index in [9.17, 15) is 10.1 Å². The predicted molar refractivity (Wildman–Crippen MR) is 142 cm³/mol. The molecule has 0 aliphatic rings. The third kappa shape index (κ3) is 6.59. The number of hydrogen-bond donors (Lipinski definition) is 1. The van der Waals surface area contributed by atoms with Gasteiger partial charge in [-0.15, -0.1) is 0 Å². The summed E-state index contributed by atoms with van der Waals surface area (Å²) in [4.78, 5) is 12.7. The van der Waals surface area contributed by atoms with E-state index in [2.05, 4.69) is 43.8 Å². The normalized spacial score (nSPS) is 11.0. The van der Waals surface area contributed by atoms with E-state index in [1.165, 1.54) is 0 Å². The van der Waals surface area contributed by atoms with Gasteiger partial charge in [-0.3, -0.25) is 4.79 Å². The van der Waals surface area contributed by atoms with Crippen LogP contribution < -0.4 is 14.8 Å². The summed E-state index contributed by atoms with van der Waals surface area (Å²) in [5.41, 5.74) is 4.32. The number of nitriles is 1. The molecule has 3 aromatic carbocycles. The summed E-state index contributed by atoms with van der Waals surface area (Å²) < 4.78 is 13.3. The number of benzene rings is 3. The third-order valence-electron chi connectivity index (χ3n) is 4.87. The molecule has 0 saturated heterocycles. The number of carbonyl (C=O) groups is 1. The van der Waals surface area contributed by atoms with Crippen LogP contribution in [0.4, 0.5) is 5.69 Å². The molecular formula is C26H22BrIN2O3. The van der Waals surface area contributed by atoms with Crippen LogP contribution in [0.2, 0.25) is 0 Å². The number of methoxy groups -OCH3 is 1. The van der Waals surface area contributed by atoms with Crippen molar-refractivity contribution in [2.75, 3.05) is 12.4 Å². The van der Waals surface area contributed by atoms with Crippen molar-refractivity contribution in [2.24, 2.45) is 0 Å². The van der Waals surface area contributed by atoms with Crippen LogP contribution in [-0.4, -0.2) is 13.0 Å². The van der Waals surface area contributed by atoms with Crippen LogP contribution in [0.5, 0.6) is 11.5 Å². The Labute approximate surface area is 215 Å². The molecule has 0 fully saturated rings. The number of amides is 1. The van der Waals surface area contributed by atoms with E-state index in [4.69, 9.17) is 9.47 Å². The van der Waals surface area contributed by atoms with Crippen molar-refractivity contribution in [3.8, 4) is 17.6 Å². The van der Waals surface area contributed by atoms with Gasteiger partial charge in [-0.2, -0.15) is 5.26 Å². The highest BCUT2D eigenvalue weighted by atomic mass is 127. The SMILES string of the molecule is COc1cc(/C=C(/C#N)C(=O)Nc2cc(C)ccc2C)cc(I)c1OCc1ccc(Br)cc1. The zero-order valence-electron chi connectivity index (χ0n) is 18.4. The van der Waals surface area contributed by atoms with Gasteiger partial charge in [0.25, 0.3) is 5.91 Å². The van der Waals surface area contributed by atoms with E-state index in [1.807, 2.05) is 68.4 Å². The number of nitrogens with zero attached hydrogens (tertiary/aromatic N) is 1. The van der Waals surface area contributed by atoms with Gasteiger partial charge in [0.1, 0.15) is 18.2 Å². The molecule has 33 heavy (non-hydrogen) atoms. The van der Waals surface area contributed by atoms with E-state index < -0.39 is 5.91 Å². The number of ether oxygens (including phenoxy) is 2. The quantitative estimate of drug-likeness (QED) is 0.180. The number of nitrogens with one attached hydrogen (secondary N) is 1.